The Balaban J connectivity index is 2.00. The van der Waals surface area contributed by atoms with E-state index in [2.05, 4.69) is 18.8 Å². The molecule has 0 radical (unpaired) electrons. The summed E-state index contributed by atoms with van der Waals surface area (Å²) in [5.74, 6) is 0.510. The highest BCUT2D eigenvalue weighted by atomic mass is 35.5. The van der Waals surface area contributed by atoms with Gasteiger partial charge in [0.1, 0.15) is 5.71 Å². The second kappa shape index (κ2) is 6.78. The molecule has 0 unspecified atom stereocenters. The highest BCUT2D eigenvalue weighted by molar-refractivity contribution is 6.54. The molecule has 3 rings (SSSR count). The van der Waals surface area contributed by atoms with Crippen molar-refractivity contribution >= 4 is 34.6 Å². The fourth-order valence-electron chi connectivity index (χ4n) is 2.76. The van der Waals surface area contributed by atoms with Gasteiger partial charge in [-0.2, -0.15) is 0 Å². The van der Waals surface area contributed by atoms with E-state index in [0.29, 0.717) is 28.9 Å². The minimum absolute atomic E-state index is 0.0338. The number of hydrogen-bond donors (Lipinski definition) is 0. The summed E-state index contributed by atoms with van der Waals surface area (Å²) in [6, 6.07) is 13.5. The quantitative estimate of drug-likeness (QED) is 0.756. The van der Waals surface area contributed by atoms with E-state index in [9.17, 15) is 4.79 Å². The van der Waals surface area contributed by atoms with Crippen molar-refractivity contribution < 1.29 is 4.79 Å². The van der Waals surface area contributed by atoms with Gasteiger partial charge < -0.3 is 4.90 Å². The molecule has 3 nitrogen and oxygen atoms in total. The lowest BCUT2D eigenvalue weighted by molar-refractivity contribution is -0.112. The molecule has 2 aromatic rings. The molecular formula is C20H21ClN2O. The summed E-state index contributed by atoms with van der Waals surface area (Å²) >= 11 is 6.18. The van der Waals surface area contributed by atoms with E-state index in [-0.39, 0.29) is 5.91 Å². The van der Waals surface area contributed by atoms with Gasteiger partial charge in [0.2, 0.25) is 0 Å². The number of carbonyl (C=O) groups is 1. The smallest absolute Gasteiger partial charge is 0.277 e. The molecule has 2 aromatic carbocycles. The Kier molecular flexibility index (Phi) is 4.72. The normalized spacial score (nSPS) is 15.5. The number of halogens is 1. The van der Waals surface area contributed by atoms with Crippen molar-refractivity contribution in [3.05, 3.63) is 58.6 Å². The van der Waals surface area contributed by atoms with Crippen molar-refractivity contribution in [1.82, 2.24) is 0 Å². The molecule has 0 aromatic heterocycles. The summed E-state index contributed by atoms with van der Waals surface area (Å²) < 4.78 is 0. The maximum Gasteiger partial charge on any atom is 0.277 e. The highest BCUT2D eigenvalue weighted by Crippen LogP contribution is 2.32. The molecule has 0 N–H and O–H groups in total. The van der Waals surface area contributed by atoms with Crippen molar-refractivity contribution in [2.24, 2.45) is 10.9 Å². The molecule has 1 amide bonds. The molecule has 1 heterocycles. The summed E-state index contributed by atoms with van der Waals surface area (Å²) in [6.07, 6.45) is 0.962. The monoisotopic (exact) mass is 340 g/mol. The molecule has 0 aliphatic carbocycles. The largest absolute Gasteiger partial charge is 0.306 e. The molecule has 0 spiro atoms. The second-order valence-corrected chi connectivity index (χ2v) is 6.96. The molecule has 0 saturated carbocycles. The van der Waals surface area contributed by atoms with Crippen LogP contribution in [0.3, 0.4) is 0 Å². The fourth-order valence-corrected chi connectivity index (χ4v) is 2.93. The molecule has 24 heavy (non-hydrogen) atoms. The number of para-hydroxylation sites is 1. The first-order chi connectivity index (χ1) is 11.5. The number of nitrogens with zero attached hydrogens (tertiary/aromatic N) is 2. The Bertz CT molecular complexity index is 811. The van der Waals surface area contributed by atoms with Crippen LogP contribution in [0.5, 0.6) is 0 Å². The van der Waals surface area contributed by atoms with Gasteiger partial charge in [-0.15, -0.1) is 0 Å². The number of hydrogen-bond acceptors (Lipinski definition) is 2. The van der Waals surface area contributed by atoms with Gasteiger partial charge >= 0.3 is 0 Å². The highest BCUT2D eigenvalue weighted by Gasteiger charge is 2.33. The average Bonchev–Trinajstić information content (AvgIpc) is 2.81. The summed E-state index contributed by atoms with van der Waals surface area (Å²) in [7, 11) is 0. The number of fused-ring (bicyclic) bond motifs is 1. The molecule has 4 heteroatoms. The van der Waals surface area contributed by atoms with Crippen LogP contribution in [-0.4, -0.2) is 18.2 Å². The van der Waals surface area contributed by atoms with Gasteiger partial charge in [-0.1, -0.05) is 49.7 Å². The summed E-state index contributed by atoms with van der Waals surface area (Å²) in [6.45, 7) is 6.98. The third-order valence-electron chi connectivity index (χ3n) is 4.22. The lowest BCUT2D eigenvalue weighted by Gasteiger charge is -2.17. The third kappa shape index (κ3) is 3.22. The van der Waals surface area contributed by atoms with Crippen LogP contribution in [0.25, 0.3) is 0 Å². The van der Waals surface area contributed by atoms with Gasteiger partial charge in [-0.05, 0) is 43.0 Å². The minimum Gasteiger partial charge on any atom is -0.306 e. The van der Waals surface area contributed by atoms with E-state index in [1.165, 1.54) is 0 Å². The molecule has 0 saturated heterocycles. The Morgan fingerprint density at radius 1 is 1.17 bits per heavy atom. The lowest BCUT2D eigenvalue weighted by atomic mass is 10.1. The maximum absolute atomic E-state index is 12.9. The zero-order chi connectivity index (χ0) is 17.3. The molecule has 1 aliphatic rings. The van der Waals surface area contributed by atoms with Crippen LogP contribution in [0.1, 0.15) is 31.4 Å². The van der Waals surface area contributed by atoms with E-state index in [1.807, 2.05) is 48.2 Å². The summed E-state index contributed by atoms with van der Waals surface area (Å²) in [5.41, 5.74) is 4.03. The van der Waals surface area contributed by atoms with Gasteiger partial charge in [-0.3, -0.25) is 4.79 Å². The molecule has 124 valence electrons. The van der Waals surface area contributed by atoms with Gasteiger partial charge in [0, 0.05) is 17.1 Å². The van der Waals surface area contributed by atoms with E-state index in [4.69, 9.17) is 11.6 Å². The minimum atomic E-state index is -0.0338. The van der Waals surface area contributed by atoms with E-state index in [0.717, 1.165) is 23.2 Å². The molecule has 0 atom stereocenters. The zero-order valence-electron chi connectivity index (χ0n) is 14.2. The van der Waals surface area contributed by atoms with Crippen LogP contribution in [0.15, 0.2) is 47.5 Å². The van der Waals surface area contributed by atoms with Crippen molar-refractivity contribution in [3.63, 3.8) is 0 Å². The maximum atomic E-state index is 12.9. The first kappa shape index (κ1) is 16.7. The standard InChI is InChI=1S/C20H21ClN2O/c1-13(2)10-11-23-18-7-5-4-6-16(18)19(20(23)24)22-15-9-8-14(3)17(21)12-15/h4-9,12-13H,10-11H2,1-3H3. The second-order valence-electron chi connectivity index (χ2n) is 6.55. The Hall–Kier alpha value is -2.13. The van der Waals surface area contributed by atoms with Gasteiger partial charge in [0.25, 0.3) is 5.91 Å². The molecule has 1 aliphatic heterocycles. The SMILES string of the molecule is Cc1ccc(N=C2C(=O)N(CCC(C)C)c3ccccc32)cc1Cl. The molecule has 0 fully saturated rings. The number of carbonyl (C=O) groups excluding carboxylic acids is 1. The van der Waals surface area contributed by atoms with Crippen molar-refractivity contribution in [2.75, 3.05) is 11.4 Å². The van der Waals surface area contributed by atoms with Crippen molar-refractivity contribution in [2.45, 2.75) is 27.2 Å². The number of aryl methyl sites for hydroxylation is 1. The number of benzene rings is 2. The number of amides is 1. The van der Waals surface area contributed by atoms with Crippen LogP contribution >= 0.6 is 11.6 Å². The van der Waals surface area contributed by atoms with Crippen LogP contribution in [0, 0.1) is 12.8 Å². The van der Waals surface area contributed by atoms with E-state index >= 15 is 0 Å². The van der Waals surface area contributed by atoms with E-state index in [1.54, 1.807) is 6.07 Å². The molecular weight excluding hydrogens is 320 g/mol. The molecule has 0 bridgehead atoms. The predicted octanol–water partition coefficient (Wildman–Crippen LogP) is 5.16. The summed E-state index contributed by atoms with van der Waals surface area (Å²) in [4.78, 5) is 19.3. The Morgan fingerprint density at radius 3 is 2.62 bits per heavy atom. The number of rotatable bonds is 4. The van der Waals surface area contributed by atoms with Gasteiger partial charge in [0.15, 0.2) is 0 Å². The van der Waals surface area contributed by atoms with Crippen LogP contribution < -0.4 is 4.90 Å². The third-order valence-corrected chi connectivity index (χ3v) is 4.63. The van der Waals surface area contributed by atoms with Crippen molar-refractivity contribution in [1.29, 1.82) is 0 Å². The van der Waals surface area contributed by atoms with Gasteiger partial charge in [-0.25, -0.2) is 4.99 Å². The van der Waals surface area contributed by atoms with Crippen LogP contribution in [0.4, 0.5) is 11.4 Å². The number of aliphatic imine (C=N–C) groups is 1. The Labute approximate surface area is 148 Å². The Morgan fingerprint density at radius 2 is 1.92 bits per heavy atom. The number of anilines is 1. The zero-order valence-corrected chi connectivity index (χ0v) is 15.0. The topological polar surface area (TPSA) is 32.7 Å². The summed E-state index contributed by atoms with van der Waals surface area (Å²) in [5, 5.41) is 0.659. The van der Waals surface area contributed by atoms with E-state index < -0.39 is 0 Å². The van der Waals surface area contributed by atoms with Crippen LogP contribution in [0.2, 0.25) is 5.02 Å². The lowest BCUT2D eigenvalue weighted by Crippen LogP contribution is -2.31. The first-order valence-corrected chi connectivity index (χ1v) is 8.61. The fraction of sp³-hybridized carbons (Fsp3) is 0.300. The van der Waals surface area contributed by atoms with Crippen LogP contribution in [-0.2, 0) is 4.79 Å². The van der Waals surface area contributed by atoms with Crippen molar-refractivity contribution in [3.8, 4) is 0 Å². The first-order valence-electron chi connectivity index (χ1n) is 8.23. The average molecular weight is 341 g/mol. The predicted molar refractivity (Wildman–Crippen MR) is 101 cm³/mol. The van der Waals surface area contributed by atoms with Gasteiger partial charge in [0.05, 0.1) is 11.4 Å².